The van der Waals surface area contributed by atoms with E-state index in [4.69, 9.17) is 21.1 Å². The monoisotopic (exact) mass is 551 g/mol. The Bertz CT molecular complexity index is 1450. The molecule has 3 aromatic carbocycles. The van der Waals surface area contributed by atoms with E-state index in [-0.39, 0.29) is 34.4 Å². The number of nitrogens with zero attached hydrogens (tertiary/aromatic N) is 1. The number of hydrogen-bond donors (Lipinski definition) is 2. The SMILES string of the molecule is CCOc1cc(/C=C(/C#N)C(=O)Nc2ccc(C(=O)OC)cc2)cc(Cl)c1OCC(=O)Nc1ccccc1F. The van der Waals surface area contributed by atoms with E-state index in [1.165, 1.54) is 67.8 Å². The standard InChI is InChI=1S/C28H23ClFN3O6/c1-3-38-24-14-17(12-19(15-31)27(35)32-20-10-8-18(9-11-20)28(36)37-2)13-21(29)26(24)39-16-25(34)33-23-7-5-4-6-22(23)30/h4-14H,3,16H2,1-2H3,(H,32,35)(H,33,34)/b19-12-. The van der Waals surface area contributed by atoms with Crippen molar-refractivity contribution in [2.75, 3.05) is 31.0 Å². The number of methoxy groups -OCH3 is 1. The van der Waals surface area contributed by atoms with Gasteiger partial charge in [-0.05, 0) is 67.1 Å². The van der Waals surface area contributed by atoms with Crippen LogP contribution in [0.1, 0.15) is 22.8 Å². The van der Waals surface area contributed by atoms with Crippen LogP contribution in [0.4, 0.5) is 15.8 Å². The van der Waals surface area contributed by atoms with Gasteiger partial charge < -0.3 is 24.8 Å². The summed E-state index contributed by atoms with van der Waals surface area (Å²) in [5.41, 5.74) is 0.795. The molecule has 0 spiro atoms. The maximum atomic E-state index is 13.8. The summed E-state index contributed by atoms with van der Waals surface area (Å²) in [6, 6.07) is 16.4. The van der Waals surface area contributed by atoms with Crippen LogP contribution in [0.2, 0.25) is 5.02 Å². The molecule has 0 saturated heterocycles. The average Bonchev–Trinajstić information content (AvgIpc) is 2.92. The third-order valence-electron chi connectivity index (χ3n) is 5.07. The van der Waals surface area contributed by atoms with E-state index in [2.05, 4.69) is 15.4 Å². The molecule has 0 unspecified atom stereocenters. The summed E-state index contributed by atoms with van der Waals surface area (Å²) in [4.78, 5) is 36.5. The van der Waals surface area contributed by atoms with Crippen LogP contribution >= 0.6 is 11.6 Å². The number of rotatable bonds is 10. The molecule has 11 heteroatoms. The van der Waals surface area contributed by atoms with E-state index in [0.29, 0.717) is 16.8 Å². The average molecular weight is 552 g/mol. The van der Waals surface area contributed by atoms with Crippen molar-refractivity contribution in [1.82, 2.24) is 0 Å². The summed E-state index contributed by atoms with van der Waals surface area (Å²) < 4.78 is 29.6. The van der Waals surface area contributed by atoms with Crippen LogP contribution in [0.5, 0.6) is 11.5 Å². The second-order valence-corrected chi connectivity index (χ2v) is 8.18. The maximum Gasteiger partial charge on any atom is 0.337 e. The zero-order chi connectivity index (χ0) is 28.4. The van der Waals surface area contributed by atoms with Gasteiger partial charge in [0.15, 0.2) is 18.1 Å². The largest absolute Gasteiger partial charge is 0.490 e. The molecule has 0 aliphatic heterocycles. The van der Waals surface area contributed by atoms with Crippen LogP contribution < -0.4 is 20.1 Å². The lowest BCUT2D eigenvalue weighted by Crippen LogP contribution is -2.21. The van der Waals surface area contributed by atoms with Gasteiger partial charge in [0, 0.05) is 5.69 Å². The van der Waals surface area contributed by atoms with Gasteiger partial charge in [-0.1, -0.05) is 23.7 Å². The third kappa shape index (κ3) is 7.80. The fraction of sp³-hybridized carbons (Fsp3) is 0.143. The molecular formula is C28H23ClFN3O6. The predicted octanol–water partition coefficient (Wildman–Crippen LogP) is 5.23. The first-order chi connectivity index (χ1) is 18.7. The number of nitriles is 1. The first-order valence-corrected chi connectivity index (χ1v) is 11.9. The van der Waals surface area contributed by atoms with Crippen LogP contribution in [0, 0.1) is 17.1 Å². The van der Waals surface area contributed by atoms with Crippen LogP contribution in [0.25, 0.3) is 6.08 Å². The lowest BCUT2D eigenvalue weighted by Gasteiger charge is -2.15. The van der Waals surface area contributed by atoms with E-state index in [1.807, 2.05) is 6.07 Å². The second kappa shape index (κ2) is 13.6. The minimum atomic E-state index is -0.692. The van der Waals surface area contributed by atoms with Crippen LogP contribution in [-0.4, -0.2) is 38.1 Å². The number of carbonyl (C=O) groups is 3. The summed E-state index contributed by atoms with van der Waals surface area (Å²) in [5, 5.41) is 14.6. The van der Waals surface area contributed by atoms with Crippen LogP contribution in [0.3, 0.4) is 0 Å². The number of para-hydroxylation sites is 1. The lowest BCUT2D eigenvalue weighted by atomic mass is 10.1. The van der Waals surface area contributed by atoms with Crippen molar-refractivity contribution in [3.63, 3.8) is 0 Å². The molecule has 0 atom stereocenters. The quantitative estimate of drug-likeness (QED) is 0.201. The number of amides is 2. The van der Waals surface area contributed by atoms with Crippen molar-refractivity contribution < 1.29 is 33.0 Å². The summed E-state index contributed by atoms with van der Waals surface area (Å²) in [5.74, 6) is -2.19. The highest BCUT2D eigenvalue weighted by Gasteiger charge is 2.17. The molecule has 2 N–H and O–H groups in total. The van der Waals surface area contributed by atoms with E-state index >= 15 is 0 Å². The fourth-order valence-corrected chi connectivity index (χ4v) is 3.56. The Morgan fingerprint density at radius 3 is 2.41 bits per heavy atom. The van der Waals surface area contributed by atoms with E-state index < -0.39 is 30.2 Å². The topological polar surface area (TPSA) is 127 Å². The molecular weight excluding hydrogens is 529 g/mol. The molecule has 0 aliphatic rings. The second-order valence-electron chi connectivity index (χ2n) is 7.77. The fourth-order valence-electron chi connectivity index (χ4n) is 3.28. The number of esters is 1. The molecule has 200 valence electrons. The zero-order valence-electron chi connectivity index (χ0n) is 20.9. The Morgan fingerprint density at radius 2 is 1.77 bits per heavy atom. The highest BCUT2D eigenvalue weighted by Crippen LogP contribution is 2.37. The van der Waals surface area contributed by atoms with Gasteiger partial charge >= 0.3 is 5.97 Å². The number of hydrogen-bond acceptors (Lipinski definition) is 7. The van der Waals surface area contributed by atoms with Gasteiger partial charge in [0.25, 0.3) is 11.8 Å². The molecule has 39 heavy (non-hydrogen) atoms. The Balaban J connectivity index is 1.76. The minimum absolute atomic E-state index is 0.00410. The molecule has 0 bridgehead atoms. The van der Waals surface area contributed by atoms with Gasteiger partial charge in [0.2, 0.25) is 0 Å². The molecule has 0 aliphatic carbocycles. The van der Waals surface area contributed by atoms with E-state index in [1.54, 1.807) is 13.0 Å². The van der Waals surface area contributed by atoms with E-state index in [0.717, 1.165) is 0 Å². The summed E-state index contributed by atoms with van der Waals surface area (Å²) in [6.07, 6.45) is 1.31. The van der Waals surface area contributed by atoms with Crippen LogP contribution in [0.15, 0.2) is 66.2 Å². The molecule has 0 aromatic heterocycles. The first kappa shape index (κ1) is 28.7. The Morgan fingerprint density at radius 1 is 1.05 bits per heavy atom. The van der Waals surface area contributed by atoms with Crippen molar-refractivity contribution in [1.29, 1.82) is 5.26 Å². The number of anilines is 2. The van der Waals surface area contributed by atoms with Gasteiger partial charge in [-0.25, -0.2) is 9.18 Å². The lowest BCUT2D eigenvalue weighted by molar-refractivity contribution is -0.118. The number of nitrogens with one attached hydrogen (secondary N) is 2. The molecule has 3 aromatic rings. The molecule has 9 nitrogen and oxygen atoms in total. The minimum Gasteiger partial charge on any atom is -0.490 e. The first-order valence-electron chi connectivity index (χ1n) is 11.5. The Kier molecular flexibility index (Phi) is 10.0. The normalized spacial score (nSPS) is 10.7. The van der Waals surface area contributed by atoms with Gasteiger partial charge in [0.1, 0.15) is 17.5 Å². The van der Waals surface area contributed by atoms with Crippen molar-refractivity contribution in [3.8, 4) is 17.6 Å². The smallest absolute Gasteiger partial charge is 0.337 e. The number of ether oxygens (including phenoxy) is 3. The van der Waals surface area contributed by atoms with E-state index in [9.17, 15) is 24.0 Å². The van der Waals surface area contributed by atoms with Gasteiger partial charge in [-0.15, -0.1) is 0 Å². The molecule has 2 amide bonds. The zero-order valence-corrected chi connectivity index (χ0v) is 21.7. The molecule has 0 saturated carbocycles. The Labute approximate surface area is 228 Å². The maximum absolute atomic E-state index is 13.8. The summed E-state index contributed by atoms with van der Waals surface area (Å²) >= 11 is 6.38. The number of halogens is 2. The van der Waals surface area contributed by atoms with Crippen molar-refractivity contribution >= 4 is 46.8 Å². The van der Waals surface area contributed by atoms with Crippen LogP contribution in [-0.2, 0) is 14.3 Å². The molecule has 3 rings (SSSR count). The number of carbonyl (C=O) groups excluding carboxylic acids is 3. The van der Waals surface area contributed by atoms with Gasteiger partial charge in [-0.2, -0.15) is 5.26 Å². The summed E-state index contributed by atoms with van der Waals surface area (Å²) in [7, 11) is 1.26. The van der Waals surface area contributed by atoms with Crippen molar-refractivity contribution in [2.24, 2.45) is 0 Å². The number of benzene rings is 3. The molecule has 0 fully saturated rings. The molecule has 0 heterocycles. The van der Waals surface area contributed by atoms with Crippen molar-refractivity contribution in [2.45, 2.75) is 6.92 Å². The highest BCUT2D eigenvalue weighted by molar-refractivity contribution is 6.32. The van der Waals surface area contributed by atoms with Gasteiger partial charge in [0.05, 0.1) is 30.0 Å². The summed E-state index contributed by atoms with van der Waals surface area (Å²) in [6.45, 7) is 1.48. The Hall–Kier alpha value is -4.88. The van der Waals surface area contributed by atoms with Crippen molar-refractivity contribution in [3.05, 3.63) is 88.2 Å². The van der Waals surface area contributed by atoms with Gasteiger partial charge in [-0.3, -0.25) is 9.59 Å². The predicted molar refractivity (Wildman–Crippen MR) is 143 cm³/mol. The highest BCUT2D eigenvalue weighted by atomic mass is 35.5. The molecule has 0 radical (unpaired) electrons. The third-order valence-corrected chi connectivity index (χ3v) is 5.35.